The molecule has 0 aliphatic carbocycles. The Hall–Kier alpha value is -1.95. The molecule has 3 nitrogen and oxygen atoms in total. The molecule has 14 heavy (non-hydrogen) atoms. The Balaban J connectivity index is 2.60. The van der Waals surface area contributed by atoms with Gasteiger partial charge in [-0.25, -0.2) is 0 Å². The van der Waals surface area contributed by atoms with E-state index in [1.54, 1.807) is 0 Å². The summed E-state index contributed by atoms with van der Waals surface area (Å²) >= 11 is 0. The first-order valence-electron chi connectivity index (χ1n) is 4.35. The third-order valence-electron chi connectivity index (χ3n) is 2.60. The Labute approximate surface area is 83.5 Å². The van der Waals surface area contributed by atoms with Crippen LogP contribution in [0.5, 0.6) is 0 Å². The summed E-state index contributed by atoms with van der Waals surface area (Å²) in [6.07, 6.45) is 0. The van der Waals surface area contributed by atoms with Crippen molar-refractivity contribution in [1.82, 2.24) is 0 Å². The molecule has 0 radical (unpaired) electrons. The number of rotatable bonds is 0. The van der Waals surface area contributed by atoms with E-state index in [4.69, 9.17) is 5.26 Å². The highest BCUT2D eigenvalue weighted by atomic mass is 15.4. The van der Waals surface area contributed by atoms with Crippen molar-refractivity contribution in [2.75, 3.05) is 23.9 Å². The second kappa shape index (κ2) is 2.78. The summed E-state index contributed by atoms with van der Waals surface area (Å²) in [5.74, 6) is 0.926. The van der Waals surface area contributed by atoms with Crippen LogP contribution in [0.3, 0.4) is 0 Å². The largest absolute Gasteiger partial charge is 0.330 e. The van der Waals surface area contributed by atoms with E-state index in [0.717, 1.165) is 17.2 Å². The van der Waals surface area contributed by atoms with E-state index in [1.807, 2.05) is 42.1 Å². The van der Waals surface area contributed by atoms with Crippen molar-refractivity contribution >= 4 is 11.4 Å². The summed E-state index contributed by atoms with van der Waals surface area (Å²) in [6, 6.07) is 7.78. The van der Waals surface area contributed by atoms with E-state index in [0.29, 0.717) is 5.56 Å². The van der Waals surface area contributed by atoms with E-state index in [9.17, 15) is 0 Å². The molecule has 1 heterocycles. The number of hydrogen-bond acceptors (Lipinski definition) is 3. The molecule has 0 N–H and O–H groups in total. The molecular weight excluding hydrogens is 174 g/mol. The molecular formula is C11H11N3. The molecule has 0 fully saturated rings. The lowest BCUT2D eigenvalue weighted by molar-refractivity contribution is 1.06. The van der Waals surface area contributed by atoms with Crippen LogP contribution in [0.15, 0.2) is 30.6 Å². The number of benzene rings is 1. The summed E-state index contributed by atoms with van der Waals surface area (Å²) in [5.41, 5.74) is 2.81. The zero-order valence-electron chi connectivity index (χ0n) is 8.28. The first kappa shape index (κ1) is 8.64. The molecule has 0 saturated heterocycles. The van der Waals surface area contributed by atoms with Gasteiger partial charge in [0.1, 0.15) is 5.82 Å². The number of hydrogen-bond donors (Lipinski definition) is 0. The van der Waals surface area contributed by atoms with Gasteiger partial charge >= 0.3 is 0 Å². The summed E-state index contributed by atoms with van der Waals surface area (Å²) in [6.45, 7) is 3.96. The minimum Gasteiger partial charge on any atom is -0.330 e. The third-order valence-corrected chi connectivity index (χ3v) is 2.60. The molecule has 0 amide bonds. The highest BCUT2D eigenvalue weighted by Crippen LogP contribution is 2.39. The second-order valence-corrected chi connectivity index (χ2v) is 3.35. The molecule has 3 heteroatoms. The minimum absolute atomic E-state index is 0.679. The Kier molecular flexibility index (Phi) is 1.71. The maximum Gasteiger partial charge on any atom is 0.105 e. The van der Waals surface area contributed by atoms with Gasteiger partial charge in [0.15, 0.2) is 0 Å². The smallest absolute Gasteiger partial charge is 0.105 e. The molecule has 0 aromatic heterocycles. The zero-order chi connectivity index (χ0) is 10.3. The SMILES string of the molecule is C=C1N(C)c2ccc(C#N)cc2N1C. The van der Waals surface area contributed by atoms with Crippen molar-refractivity contribution in [2.45, 2.75) is 0 Å². The van der Waals surface area contributed by atoms with Crippen LogP contribution < -0.4 is 9.80 Å². The topological polar surface area (TPSA) is 30.3 Å². The average Bonchev–Trinajstić information content (AvgIpc) is 2.44. The van der Waals surface area contributed by atoms with E-state index < -0.39 is 0 Å². The maximum absolute atomic E-state index is 8.78. The minimum atomic E-state index is 0.679. The Morgan fingerprint density at radius 2 is 1.86 bits per heavy atom. The summed E-state index contributed by atoms with van der Waals surface area (Å²) in [7, 11) is 3.92. The van der Waals surface area contributed by atoms with Crippen LogP contribution in [-0.2, 0) is 0 Å². The van der Waals surface area contributed by atoms with E-state index in [1.165, 1.54) is 0 Å². The fourth-order valence-electron chi connectivity index (χ4n) is 1.65. The second-order valence-electron chi connectivity index (χ2n) is 3.35. The molecule has 0 saturated carbocycles. The van der Waals surface area contributed by atoms with Gasteiger partial charge < -0.3 is 9.80 Å². The van der Waals surface area contributed by atoms with Crippen LogP contribution in [0.2, 0.25) is 0 Å². The van der Waals surface area contributed by atoms with Crippen LogP contribution in [0.4, 0.5) is 11.4 Å². The standard InChI is InChI=1S/C11H11N3/c1-8-13(2)10-5-4-9(7-12)6-11(10)14(8)3/h4-6H,1H2,2-3H3. The Bertz CT molecular complexity index is 442. The Morgan fingerprint density at radius 1 is 1.21 bits per heavy atom. The zero-order valence-corrected chi connectivity index (χ0v) is 8.28. The monoisotopic (exact) mass is 185 g/mol. The lowest BCUT2D eigenvalue weighted by Crippen LogP contribution is -2.20. The number of nitriles is 1. The maximum atomic E-state index is 8.78. The van der Waals surface area contributed by atoms with Gasteiger partial charge in [0.25, 0.3) is 0 Å². The number of nitrogens with zero attached hydrogens (tertiary/aromatic N) is 3. The molecule has 70 valence electrons. The summed E-state index contributed by atoms with van der Waals surface area (Å²) < 4.78 is 0. The van der Waals surface area contributed by atoms with Gasteiger partial charge in [-0.1, -0.05) is 6.58 Å². The molecule has 0 atom stereocenters. The molecule has 2 rings (SSSR count). The predicted molar refractivity (Wildman–Crippen MR) is 57.1 cm³/mol. The van der Waals surface area contributed by atoms with Crippen molar-refractivity contribution in [3.8, 4) is 6.07 Å². The van der Waals surface area contributed by atoms with Gasteiger partial charge in [0, 0.05) is 14.1 Å². The van der Waals surface area contributed by atoms with Gasteiger partial charge in [0.05, 0.1) is 23.0 Å². The van der Waals surface area contributed by atoms with Gasteiger partial charge in [-0.2, -0.15) is 5.26 Å². The highest BCUT2D eigenvalue weighted by Gasteiger charge is 2.24. The molecule has 1 aliphatic rings. The Morgan fingerprint density at radius 3 is 2.50 bits per heavy atom. The van der Waals surface area contributed by atoms with Crippen molar-refractivity contribution in [3.05, 3.63) is 36.2 Å². The number of fused-ring (bicyclic) bond motifs is 1. The molecule has 0 bridgehead atoms. The van der Waals surface area contributed by atoms with Crippen LogP contribution in [0.1, 0.15) is 5.56 Å². The third kappa shape index (κ3) is 0.975. The lowest BCUT2D eigenvalue weighted by Gasteiger charge is -2.15. The normalized spacial score (nSPS) is 14.2. The molecule has 0 spiro atoms. The van der Waals surface area contributed by atoms with Crippen molar-refractivity contribution in [2.24, 2.45) is 0 Å². The van der Waals surface area contributed by atoms with Crippen molar-refractivity contribution in [1.29, 1.82) is 5.26 Å². The summed E-state index contributed by atoms with van der Waals surface area (Å²) in [4.78, 5) is 3.99. The molecule has 1 aliphatic heterocycles. The average molecular weight is 185 g/mol. The molecule has 1 aromatic rings. The first-order chi connectivity index (χ1) is 6.65. The van der Waals surface area contributed by atoms with Crippen LogP contribution in [0, 0.1) is 11.3 Å². The van der Waals surface area contributed by atoms with Crippen LogP contribution in [-0.4, -0.2) is 14.1 Å². The summed E-state index contributed by atoms with van der Waals surface area (Å²) in [5, 5.41) is 8.78. The fourth-order valence-corrected chi connectivity index (χ4v) is 1.65. The van der Waals surface area contributed by atoms with E-state index in [-0.39, 0.29) is 0 Å². The van der Waals surface area contributed by atoms with Crippen LogP contribution in [0.25, 0.3) is 0 Å². The highest BCUT2D eigenvalue weighted by molar-refractivity contribution is 5.82. The number of anilines is 2. The predicted octanol–water partition coefficient (Wildman–Crippen LogP) is 1.92. The van der Waals surface area contributed by atoms with Gasteiger partial charge in [-0.05, 0) is 18.2 Å². The van der Waals surface area contributed by atoms with Gasteiger partial charge in [0.2, 0.25) is 0 Å². The lowest BCUT2D eigenvalue weighted by atomic mass is 10.2. The van der Waals surface area contributed by atoms with E-state index >= 15 is 0 Å². The van der Waals surface area contributed by atoms with Gasteiger partial charge in [-0.3, -0.25) is 0 Å². The van der Waals surface area contributed by atoms with Gasteiger partial charge in [-0.15, -0.1) is 0 Å². The molecule has 1 aromatic carbocycles. The van der Waals surface area contributed by atoms with Crippen molar-refractivity contribution in [3.63, 3.8) is 0 Å². The first-order valence-corrected chi connectivity index (χ1v) is 4.35. The quantitative estimate of drug-likeness (QED) is 0.618. The van der Waals surface area contributed by atoms with E-state index in [2.05, 4.69) is 12.6 Å². The fraction of sp³-hybridized carbons (Fsp3) is 0.182. The van der Waals surface area contributed by atoms with Crippen LogP contribution >= 0.6 is 0 Å². The van der Waals surface area contributed by atoms with Crippen molar-refractivity contribution < 1.29 is 0 Å². The molecule has 0 unspecified atom stereocenters.